The van der Waals surface area contributed by atoms with Gasteiger partial charge in [0.1, 0.15) is 11.6 Å². The van der Waals surface area contributed by atoms with Crippen LogP contribution in [0.15, 0.2) is 0 Å². The van der Waals surface area contributed by atoms with E-state index >= 15 is 0 Å². The van der Waals surface area contributed by atoms with Gasteiger partial charge in [0.15, 0.2) is 0 Å². The quantitative estimate of drug-likeness (QED) is 0.822. The van der Waals surface area contributed by atoms with Gasteiger partial charge in [-0.3, -0.25) is 0 Å². The number of aromatic nitrogens is 3. The Balaban J connectivity index is 2.77. The van der Waals surface area contributed by atoms with Crippen LogP contribution >= 0.6 is 0 Å². The van der Waals surface area contributed by atoms with E-state index in [2.05, 4.69) is 37.9 Å². The second-order valence-corrected chi connectivity index (χ2v) is 5.27. The van der Waals surface area contributed by atoms with Crippen molar-refractivity contribution in [3.8, 4) is 0 Å². The molecule has 0 aliphatic rings. The van der Waals surface area contributed by atoms with Crippen LogP contribution in [-0.4, -0.2) is 14.8 Å². The largest absolute Gasteiger partial charge is 0.324 e. The van der Waals surface area contributed by atoms with E-state index in [-0.39, 0.29) is 0 Å². The average molecular weight is 210 g/mol. The molecule has 4 heteroatoms. The summed E-state index contributed by atoms with van der Waals surface area (Å²) >= 11 is 0. The lowest BCUT2D eigenvalue weighted by atomic mass is 9.80. The van der Waals surface area contributed by atoms with Crippen LogP contribution in [0.1, 0.15) is 39.3 Å². The summed E-state index contributed by atoms with van der Waals surface area (Å²) in [6.45, 7) is 9.44. The fourth-order valence-electron chi connectivity index (χ4n) is 1.33. The second-order valence-electron chi connectivity index (χ2n) is 5.27. The lowest BCUT2D eigenvalue weighted by Gasteiger charge is -2.26. The van der Waals surface area contributed by atoms with E-state index in [9.17, 15) is 0 Å². The Morgan fingerprint density at radius 2 is 1.80 bits per heavy atom. The SMILES string of the molecule is CC(Cc1nnc(CN)n1C)C(C)(C)C. The van der Waals surface area contributed by atoms with Gasteiger partial charge >= 0.3 is 0 Å². The van der Waals surface area contributed by atoms with Crippen LogP contribution in [0.25, 0.3) is 0 Å². The van der Waals surface area contributed by atoms with Crippen molar-refractivity contribution in [3.05, 3.63) is 11.6 Å². The van der Waals surface area contributed by atoms with E-state index in [4.69, 9.17) is 5.73 Å². The van der Waals surface area contributed by atoms with Crippen molar-refractivity contribution in [2.75, 3.05) is 0 Å². The summed E-state index contributed by atoms with van der Waals surface area (Å²) in [6.07, 6.45) is 0.951. The van der Waals surface area contributed by atoms with Crippen LogP contribution in [0.4, 0.5) is 0 Å². The van der Waals surface area contributed by atoms with Gasteiger partial charge < -0.3 is 10.3 Å². The van der Waals surface area contributed by atoms with Crippen molar-refractivity contribution in [3.63, 3.8) is 0 Å². The van der Waals surface area contributed by atoms with Gasteiger partial charge in [0.2, 0.25) is 0 Å². The van der Waals surface area contributed by atoms with E-state index in [0.29, 0.717) is 17.9 Å². The van der Waals surface area contributed by atoms with Crippen molar-refractivity contribution in [1.29, 1.82) is 0 Å². The Labute approximate surface area is 91.9 Å². The first-order valence-electron chi connectivity index (χ1n) is 5.43. The Morgan fingerprint density at radius 1 is 1.27 bits per heavy atom. The van der Waals surface area contributed by atoms with Gasteiger partial charge in [-0.05, 0) is 11.3 Å². The Hall–Kier alpha value is -0.900. The van der Waals surface area contributed by atoms with E-state index in [0.717, 1.165) is 18.1 Å². The highest BCUT2D eigenvalue weighted by atomic mass is 15.3. The van der Waals surface area contributed by atoms with Gasteiger partial charge in [-0.1, -0.05) is 27.7 Å². The highest BCUT2D eigenvalue weighted by molar-refractivity contribution is 4.96. The molecule has 0 spiro atoms. The normalized spacial score (nSPS) is 14.3. The molecule has 0 saturated carbocycles. The Bertz CT molecular complexity index is 322. The number of nitrogens with zero attached hydrogens (tertiary/aromatic N) is 3. The summed E-state index contributed by atoms with van der Waals surface area (Å²) in [7, 11) is 1.98. The second kappa shape index (κ2) is 4.31. The lowest BCUT2D eigenvalue weighted by molar-refractivity contribution is 0.255. The first kappa shape index (κ1) is 12.2. The molecular weight excluding hydrogens is 188 g/mol. The third-order valence-corrected chi connectivity index (χ3v) is 3.20. The number of hydrogen-bond acceptors (Lipinski definition) is 3. The zero-order chi connectivity index (χ0) is 11.6. The maximum absolute atomic E-state index is 5.56. The summed E-state index contributed by atoms with van der Waals surface area (Å²) in [5.74, 6) is 2.45. The Kier molecular flexibility index (Phi) is 3.50. The van der Waals surface area contributed by atoms with Gasteiger partial charge in [0.05, 0.1) is 6.54 Å². The predicted molar refractivity (Wildman–Crippen MR) is 61.2 cm³/mol. The molecule has 86 valence electrons. The summed E-state index contributed by atoms with van der Waals surface area (Å²) < 4.78 is 2.00. The highest BCUT2D eigenvalue weighted by Crippen LogP contribution is 2.27. The molecule has 0 saturated heterocycles. The van der Waals surface area contributed by atoms with Gasteiger partial charge in [0, 0.05) is 13.5 Å². The predicted octanol–water partition coefficient (Wildman–Crippen LogP) is 1.50. The molecular formula is C11H22N4. The van der Waals surface area contributed by atoms with E-state index in [1.54, 1.807) is 0 Å². The van der Waals surface area contributed by atoms with Gasteiger partial charge in [-0.15, -0.1) is 10.2 Å². The third kappa shape index (κ3) is 2.78. The summed E-state index contributed by atoms with van der Waals surface area (Å²) in [5.41, 5.74) is 5.86. The van der Waals surface area contributed by atoms with Crippen LogP contribution in [0.5, 0.6) is 0 Å². The molecule has 0 bridgehead atoms. The Morgan fingerprint density at radius 3 is 2.20 bits per heavy atom. The molecule has 0 aliphatic heterocycles. The van der Waals surface area contributed by atoms with Crippen LogP contribution in [0.2, 0.25) is 0 Å². The maximum atomic E-state index is 5.56. The van der Waals surface area contributed by atoms with Gasteiger partial charge in [-0.25, -0.2) is 0 Å². The maximum Gasteiger partial charge on any atom is 0.146 e. The minimum Gasteiger partial charge on any atom is -0.324 e. The molecule has 1 heterocycles. The van der Waals surface area contributed by atoms with Crippen LogP contribution in [0, 0.1) is 11.3 Å². The van der Waals surface area contributed by atoms with Crippen molar-refractivity contribution in [2.24, 2.45) is 24.1 Å². The molecule has 0 amide bonds. The molecule has 15 heavy (non-hydrogen) atoms. The zero-order valence-corrected chi connectivity index (χ0v) is 10.4. The zero-order valence-electron chi connectivity index (χ0n) is 10.4. The molecule has 2 N–H and O–H groups in total. The molecule has 1 unspecified atom stereocenters. The van der Waals surface area contributed by atoms with Crippen molar-refractivity contribution in [1.82, 2.24) is 14.8 Å². The molecule has 1 aromatic rings. The standard InChI is InChI=1S/C11H22N4/c1-8(11(2,3)4)6-9-13-14-10(7-12)15(9)5/h8H,6-7,12H2,1-5H3. The summed E-state index contributed by atoms with van der Waals surface area (Å²) in [4.78, 5) is 0. The molecule has 1 rings (SSSR count). The van der Waals surface area contributed by atoms with Crippen molar-refractivity contribution < 1.29 is 0 Å². The van der Waals surface area contributed by atoms with Crippen LogP contribution in [-0.2, 0) is 20.0 Å². The van der Waals surface area contributed by atoms with E-state index in [1.807, 2.05) is 11.6 Å². The fourth-order valence-corrected chi connectivity index (χ4v) is 1.33. The number of hydrogen-bond donors (Lipinski definition) is 1. The van der Waals surface area contributed by atoms with Gasteiger partial charge in [0.25, 0.3) is 0 Å². The first-order valence-corrected chi connectivity index (χ1v) is 5.43. The molecule has 0 radical (unpaired) electrons. The highest BCUT2D eigenvalue weighted by Gasteiger charge is 2.22. The first-order chi connectivity index (χ1) is 6.86. The average Bonchev–Trinajstić information content (AvgIpc) is 2.46. The van der Waals surface area contributed by atoms with Crippen LogP contribution < -0.4 is 5.73 Å². The smallest absolute Gasteiger partial charge is 0.146 e. The number of nitrogens with two attached hydrogens (primary N) is 1. The molecule has 0 fully saturated rings. The molecule has 1 aromatic heterocycles. The molecule has 4 nitrogen and oxygen atoms in total. The fraction of sp³-hybridized carbons (Fsp3) is 0.818. The van der Waals surface area contributed by atoms with E-state index in [1.165, 1.54) is 0 Å². The van der Waals surface area contributed by atoms with E-state index < -0.39 is 0 Å². The molecule has 0 aromatic carbocycles. The van der Waals surface area contributed by atoms with Crippen molar-refractivity contribution in [2.45, 2.75) is 40.7 Å². The van der Waals surface area contributed by atoms with Gasteiger partial charge in [-0.2, -0.15) is 0 Å². The minimum atomic E-state index is 0.300. The molecule has 0 aliphatic carbocycles. The monoisotopic (exact) mass is 210 g/mol. The lowest BCUT2D eigenvalue weighted by Crippen LogP contribution is -2.21. The topological polar surface area (TPSA) is 56.7 Å². The van der Waals surface area contributed by atoms with Crippen LogP contribution in [0.3, 0.4) is 0 Å². The molecule has 1 atom stereocenters. The van der Waals surface area contributed by atoms with Crippen molar-refractivity contribution >= 4 is 0 Å². The number of rotatable bonds is 3. The summed E-state index contributed by atoms with van der Waals surface area (Å²) in [5, 5.41) is 8.23. The third-order valence-electron chi connectivity index (χ3n) is 3.20. The summed E-state index contributed by atoms with van der Waals surface area (Å²) in [6, 6.07) is 0. The minimum absolute atomic E-state index is 0.300.